The number of nitrogens with one attached hydrogen (secondary N) is 3. The maximum atomic E-state index is 13.5. The van der Waals surface area contributed by atoms with Gasteiger partial charge in [0.05, 0.1) is 0 Å². The summed E-state index contributed by atoms with van der Waals surface area (Å²) in [6.45, 7) is 5.29. The van der Waals surface area contributed by atoms with Gasteiger partial charge in [-0.05, 0) is 37.1 Å². The summed E-state index contributed by atoms with van der Waals surface area (Å²) in [5.74, 6) is -0.0212. The van der Waals surface area contributed by atoms with Crippen molar-refractivity contribution in [2.75, 3.05) is 20.1 Å². The summed E-state index contributed by atoms with van der Waals surface area (Å²) in [6, 6.07) is 12.7. The van der Waals surface area contributed by atoms with Crippen LogP contribution in [-0.2, 0) is 6.54 Å². The Morgan fingerprint density at radius 2 is 1.81 bits per heavy atom. The third-order valence-corrected chi connectivity index (χ3v) is 3.90. The molecule has 0 radical (unpaired) electrons. The zero-order chi connectivity index (χ0) is 18.9. The van der Waals surface area contributed by atoms with E-state index in [0.29, 0.717) is 36.7 Å². The molecule has 0 aliphatic heterocycles. The topological polar surface area (TPSA) is 65.5 Å². The lowest BCUT2D eigenvalue weighted by Gasteiger charge is -2.13. The van der Waals surface area contributed by atoms with Crippen LogP contribution in [0, 0.1) is 19.7 Å². The maximum absolute atomic E-state index is 13.5. The van der Waals surface area contributed by atoms with Crippen molar-refractivity contribution in [3.63, 3.8) is 0 Å². The van der Waals surface area contributed by atoms with Crippen LogP contribution < -0.4 is 16.0 Å². The Morgan fingerprint density at radius 1 is 1.04 bits per heavy atom. The number of hydrogen-bond donors (Lipinski definition) is 3. The van der Waals surface area contributed by atoms with E-state index in [9.17, 15) is 9.18 Å². The van der Waals surface area contributed by atoms with Gasteiger partial charge < -0.3 is 16.0 Å². The molecule has 2 rings (SSSR count). The van der Waals surface area contributed by atoms with Gasteiger partial charge in [0.1, 0.15) is 5.82 Å². The summed E-state index contributed by atoms with van der Waals surface area (Å²) in [6.07, 6.45) is 0. The quantitative estimate of drug-likeness (QED) is 0.423. The molecule has 2 aromatic carbocycles. The van der Waals surface area contributed by atoms with Gasteiger partial charge >= 0.3 is 0 Å². The van der Waals surface area contributed by atoms with E-state index in [0.717, 1.165) is 0 Å². The largest absolute Gasteiger partial charge is 0.355 e. The summed E-state index contributed by atoms with van der Waals surface area (Å²) >= 11 is 0. The molecule has 0 aliphatic carbocycles. The van der Waals surface area contributed by atoms with Gasteiger partial charge in [-0.2, -0.15) is 0 Å². The predicted octanol–water partition coefficient (Wildman–Crippen LogP) is 2.54. The molecule has 0 atom stereocenters. The molecule has 6 heteroatoms. The maximum Gasteiger partial charge on any atom is 0.251 e. The summed E-state index contributed by atoms with van der Waals surface area (Å²) in [7, 11) is 1.69. The average Bonchev–Trinajstić information content (AvgIpc) is 2.63. The Bertz CT molecular complexity index is 789. The number of aliphatic imine (C=N–C) groups is 1. The van der Waals surface area contributed by atoms with Crippen LogP contribution in [0.3, 0.4) is 0 Å². The minimum Gasteiger partial charge on any atom is -0.355 e. The van der Waals surface area contributed by atoms with E-state index in [1.54, 1.807) is 26.1 Å². The van der Waals surface area contributed by atoms with Crippen molar-refractivity contribution in [1.29, 1.82) is 0 Å². The van der Waals surface area contributed by atoms with Crippen molar-refractivity contribution in [1.82, 2.24) is 16.0 Å². The fourth-order valence-electron chi connectivity index (χ4n) is 2.42. The van der Waals surface area contributed by atoms with E-state index < -0.39 is 0 Å². The molecule has 0 saturated heterocycles. The number of rotatable bonds is 6. The third-order valence-electron chi connectivity index (χ3n) is 3.90. The fraction of sp³-hybridized carbons (Fsp3) is 0.300. The van der Waals surface area contributed by atoms with Gasteiger partial charge in [-0.3, -0.25) is 9.79 Å². The molecule has 0 unspecified atom stereocenters. The molecule has 2 aromatic rings. The Kier molecular flexibility index (Phi) is 7.14. The second-order valence-corrected chi connectivity index (χ2v) is 6.06. The van der Waals surface area contributed by atoms with Crippen LogP contribution in [0.5, 0.6) is 0 Å². The SMILES string of the molecule is CN=C(NCCNC(=O)c1ccc(C)c(F)c1)NCc1cccc(C)c1. The first-order valence-corrected chi connectivity index (χ1v) is 8.54. The van der Waals surface area contributed by atoms with E-state index in [1.165, 1.54) is 17.2 Å². The molecule has 0 heterocycles. The Balaban J connectivity index is 1.73. The van der Waals surface area contributed by atoms with E-state index in [2.05, 4.69) is 40.0 Å². The Morgan fingerprint density at radius 3 is 2.50 bits per heavy atom. The number of amides is 1. The molecule has 138 valence electrons. The molecule has 1 amide bonds. The van der Waals surface area contributed by atoms with Crippen LogP contribution in [0.1, 0.15) is 27.0 Å². The van der Waals surface area contributed by atoms with E-state index in [-0.39, 0.29) is 11.7 Å². The van der Waals surface area contributed by atoms with Crippen LogP contribution in [0.25, 0.3) is 0 Å². The second-order valence-electron chi connectivity index (χ2n) is 6.06. The molecule has 0 aliphatic rings. The lowest BCUT2D eigenvalue weighted by atomic mass is 10.1. The summed E-state index contributed by atoms with van der Waals surface area (Å²) in [5.41, 5.74) is 3.21. The van der Waals surface area contributed by atoms with Crippen molar-refractivity contribution in [2.45, 2.75) is 20.4 Å². The highest BCUT2D eigenvalue weighted by molar-refractivity contribution is 5.94. The molecule has 5 nitrogen and oxygen atoms in total. The fourth-order valence-corrected chi connectivity index (χ4v) is 2.42. The average molecular weight is 356 g/mol. The summed E-state index contributed by atoms with van der Waals surface area (Å²) in [5, 5.41) is 9.11. The summed E-state index contributed by atoms with van der Waals surface area (Å²) in [4.78, 5) is 16.2. The van der Waals surface area contributed by atoms with Gasteiger partial charge in [0.15, 0.2) is 5.96 Å². The standard InChI is InChI=1S/C20H25FN4O/c1-14-5-4-6-16(11-14)13-25-20(22-3)24-10-9-23-19(26)17-8-7-15(2)18(21)12-17/h4-8,11-12H,9-10,13H2,1-3H3,(H,23,26)(H2,22,24,25). The first-order chi connectivity index (χ1) is 12.5. The minimum atomic E-state index is -0.378. The first kappa shape index (κ1) is 19.4. The highest BCUT2D eigenvalue weighted by Crippen LogP contribution is 2.08. The Hall–Kier alpha value is -2.89. The molecule has 3 N–H and O–H groups in total. The van der Waals surface area contributed by atoms with E-state index >= 15 is 0 Å². The van der Waals surface area contributed by atoms with Gasteiger partial charge in [-0.25, -0.2) is 4.39 Å². The van der Waals surface area contributed by atoms with Crippen molar-refractivity contribution in [2.24, 2.45) is 4.99 Å². The van der Waals surface area contributed by atoms with Gasteiger partial charge in [0.25, 0.3) is 5.91 Å². The highest BCUT2D eigenvalue weighted by Gasteiger charge is 2.07. The number of carbonyl (C=O) groups is 1. The number of guanidine groups is 1. The van der Waals surface area contributed by atoms with Crippen LogP contribution >= 0.6 is 0 Å². The smallest absolute Gasteiger partial charge is 0.251 e. The normalized spacial score (nSPS) is 11.2. The minimum absolute atomic E-state index is 0.298. The molecule has 0 saturated carbocycles. The first-order valence-electron chi connectivity index (χ1n) is 8.54. The lowest BCUT2D eigenvalue weighted by Crippen LogP contribution is -2.41. The molecule has 0 spiro atoms. The predicted molar refractivity (Wildman–Crippen MR) is 103 cm³/mol. The highest BCUT2D eigenvalue weighted by atomic mass is 19.1. The second kappa shape index (κ2) is 9.56. The van der Waals surface area contributed by atoms with Crippen molar-refractivity contribution >= 4 is 11.9 Å². The molecule has 0 bridgehead atoms. The zero-order valence-corrected chi connectivity index (χ0v) is 15.4. The molecular formula is C20H25FN4O. The number of halogens is 1. The Labute approximate surface area is 153 Å². The van der Waals surface area contributed by atoms with E-state index in [4.69, 9.17) is 0 Å². The van der Waals surface area contributed by atoms with Crippen molar-refractivity contribution in [3.05, 3.63) is 70.5 Å². The van der Waals surface area contributed by atoms with Crippen LogP contribution in [-0.4, -0.2) is 32.0 Å². The van der Waals surface area contributed by atoms with Crippen LogP contribution in [0.2, 0.25) is 0 Å². The molecule has 0 aromatic heterocycles. The third kappa shape index (κ3) is 5.88. The lowest BCUT2D eigenvalue weighted by molar-refractivity contribution is 0.0954. The number of hydrogen-bond acceptors (Lipinski definition) is 2. The molecule has 0 fully saturated rings. The number of carbonyl (C=O) groups excluding carboxylic acids is 1. The van der Waals surface area contributed by atoms with Crippen LogP contribution in [0.4, 0.5) is 4.39 Å². The van der Waals surface area contributed by atoms with Gasteiger partial charge in [-0.1, -0.05) is 35.9 Å². The van der Waals surface area contributed by atoms with Crippen molar-refractivity contribution in [3.8, 4) is 0 Å². The number of benzene rings is 2. The molecule has 26 heavy (non-hydrogen) atoms. The van der Waals surface area contributed by atoms with E-state index in [1.807, 2.05) is 12.1 Å². The van der Waals surface area contributed by atoms with Gasteiger partial charge in [-0.15, -0.1) is 0 Å². The van der Waals surface area contributed by atoms with Crippen molar-refractivity contribution < 1.29 is 9.18 Å². The van der Waals surface area contributed by atoms with Crippen LogP contribution in [0.15, 0.2) is 47.5 Å². The monoisotopic (exact) mass is 356 g/mol. The zero-order valence-electron chi connectivity index (χ0n) is 15.4. The molecular weight excluding hydrogens is 331 g/mol. The van der Waals surface area contributed by atoms with Gasteiger partial charge in [0, 0.05) is 32.2 Å². The number of nitrogens with zero attached hydrogens (tertiary/aromatic N) is 1. The number of aryl methyl sites for hydroxylation is 2. The van der Waals surface area contributed by atoms with Gasteiger partial charge in [0.2, 0.25) is 0 Å². The summed E-state index contributed by atoms with van der Waals surface area (Å²) < 4.78 is 13.5.